The van der Waals surface area contributed by atoms with Crippen LogP contribution in [-0.2, 0) is 16.0 Å². The van der Waals surface area contributed by atoms with Crippen molar-refractivity contribution in [1.82, 2.24) is 10.4 Å². The highest BCUT2D eigenvalue weighted by molar-refractivity contribution is 7.09. The Labute approximate surface area is 149 Å². The van der Waals surface area contributed by atoms with Crippen LogP contribution in [0, 0.1) is 6.92 Å². The van der Waals surface area contributed by atoms with Crippen LogP contribution in [0.2, 0.25) is 0 Å². The second kappa shape index (κ2) is 8.93. The molecule has 2 aromatic rings. The molecule has 25 heavy (non-hydrogen) atoms. The van der Waals surface area contributed by atoms with Crippen molar-refractivity contribution in [2.75, 3.05) is 6.61 Å². The lowest BCUT2D eigenvalue weighted by molar-refractivity contribution is -0.139. The Bertz CT molecular complexity index is 768. The van der Waals surface area contributed by atoms with Crippen molar-refractivity contribution in [3.05, 3.63) is 45.9 Å². The number of carbonyl (C=O) groups is 2. The topological polar surface area (TPSA) is 101 Å². The van der Waals surface area contributed by atoms with Crippen molar-refractivity contribution in [3.8, 4) is 5.75 Å². The highest BCUT2D eigenvalue weighted by atomic mass is 32.1. The Morgan fingerprint density at radius 1 is 1.32 bits per heavy atom. The van der Waals surface area contributed by atoms with Crippen LogP contribution in [0.15, 0.2) is 34.7 Å². The number of hydrogen-bond acceptors (Lipinski definition) is 6. The number of rotatable bonds is 8. The standard InChI is InChI=1S/C17H19N3O4S/c1-3-14(12-4-6-13(7-5-12)24-9-17(22)23)19-20-15(21)8-16-18-11(2)10-25-16/h4-7,10H,3,8-9H2,1-2H3,(H,20,21)(H,22,23)/b19-14-. The van der Waals surface area contributed by atoms with Gasteiger partial charge in [0.2, 0.25) is 5.91 Å². The summed E-state index contributed by atoms with van der Waals surface area (Å²) in [6.07, 6.45) is 0.826. The van der Waals surface area contributed by atoms with Crippen molar-refractivity contribution in [3.63, 3.8) is 0 Å². The molecular weight excluding hydrogens is 342 g/mol. The van der Waals surface area contributed by atoms with Crippen LogP contribution >= 0.6 is 11.3 Å². The van der Waals surface area contributed by atoms with Crippen molar-refractivity contribution in [1.29, 1.82) is 0 Å². The maximum Gasteiger partial charge on any atom is 0.341 e. The van der Waals surface area contributed by atoms with Gasteiger partial charge in [0.05, 0.1) is 12.1 Å². The first-order valence-electron chi connectivity index (χ1n) is 7.69. The maximum atomic E-state index is 11.9. The molecule has 0 saturated carbocycles. The number of aromatic nitrogens is 1. The monoisotopic (exact) mass is 361 g/mol. The zero-order valence-electron chi connectivity index (χ0n) is 14.0. The van der Waals surface area contributed by atoms with E-state index < -0.39 is 5.97 Å². The van der Waals surface area contributed by atoms with Gasteiger partial charge >= 0.3 is 5.97 Å². The number of amides is 1. The second-order valence-electron chi connectivity index (χ2n) is 5.21. The summed E-state index contributed by atoms with van der Waals surface area (Å²) < 4.78 is 5.09. The van der Waals surface area contributed by atoms with E-state index in [0.717, 1.165) is 16.3 Å². The Morgan fingerprint density at radius 2 is 2.04 bits per heavy atom. The van der Waals surface area contributed by atoms with E-state index >= 15 is 0 Å². The van der Waals surface area contributed by atoms with Crippen LogP contribution in [-0.4, -0.2) is 34.3 Å². The molecule has 0 aliphatic heterocycles. The number of benzene rings is 1. The third-order valence-electron chi connectivity index (χ3n) is 3.18. The van der Waals surface area contributed by atoms with Gasteiger partial charge in [-0.25, -0.2) is 15.2 Å². The molecule has 0 atom stereocenters. The minimum absolute atomic E-state index is 0.195. The van der Waals surface area contributed by atoms with Gasteiger partial charge in [0.1, 0.15) is 10.8 Å². The average Bonchev–Trinajstić information content (AvgIpc) is 2.99. The first-order chi connectivity index (χ1) is 12.0. The number of carboxylic acid groups (broad SMARTS) is 1. The van der Waals surface area contributed by atoms with E-state index in [1.54, 1.807) is 24.3 Å². The fourth-order valence-corrected chi connectivity index (χ4v) is 2.80. The Morgan fingerprint density at radius 3 is 2.60 bits per heavy atom. The lowest BCUT2D eigenvalue weighted by atomic mass is 10.1. The summed E-state index contributed by atoms with van der Waals surface area (Å²) in [5.41, 5.74) is 5.00. The number of nitrogens with zero attached hydrogens (tertiary/aromatic N) is 2. The van der Waals surface area contributed by atoms with Crippen molar-refractivity contribution in [2.45, 2.75) is 26.7 Å². The molecular formula is C17H19N3O4S. The van der Waals surface area contributed by atoms with Crippen molar-refractivity contribution in [2.24, 2.45) is 5.10 Å². The number of hydrogen-bond donors (Lipinski definition) is 2. The van der Waals surface area contributed by atoms with Crippen molar-refractivity contribution < 1.29 is 19.4 Å². The average molecular weight is 361 g/mol. The van der Waals surface area contributed by atoms with Crippen LogP contribution in [0.3, 0.4) is 0 Å². The van der Waals surface area contributed by atoms with Crippen LogP contribution in [0.4, 0.5) is 0 Å². The van der Waals surface area contributed by atoms with Gasteiger partial charge in [0.15, 0.2) is 6.61 Å². The molecule has 2 rings (SSSR count). The summed E-state index contributed by atoms with van der Waals surface area (Å²) in [5.74, 6) is -0.787. The molecule has 0 bridgehead atoms. The summed E-state index contributed by atoms with van der Waals surface area (Å²) in [6.45, 7) is 3.43. The number of carboxylic acids is 1. The highest BCUT2D eigenvalue weighted by Crippen LogP contribution is 2.14. The molecule has 0 saturated heterocycles. The molecule has 8 heteroatoms. The number of thiazole rings is 1. The maximum absolute atomic E-state index is 11.9. The predicted octanol–water partition coefficient (Wildman–Crippen LogP) is 2.39. The van der Waals surface area contributed by atoms with E-state index in [0.29, 0.717) is 17.9 Å². The van der Waals surface area contributed by atoms with Gasteiger partial charge in [-0.05, 0) is 43.2 Å². The first-order valence-corrected chi connectivity index (χ1v) is 8.57. The molecule has 1 amide bonds. The molecule has 0 spiro atoms. The number of aryl methyl sites for hydroxylation is 1. The predicted molar refractivity (Wildman–Crippen MR) is 95.1 cm³/mol. The van der Waals surface area contributed by atoms with Crippen LogP contribution in [0.5, 0.6) is 5.75 Å². The zero-order chi connectivity index (χ0) is 18.2. The minimum Gasteiger partial charge on any atom is -0.482 e. The number of carbonyl (C=O) groups excluding carboxylic acids is 1. The first kappa shape index (κ1) is 18.6. The molecule has 132 valence electrons. The lowest BCUT2D eigenvalue weighted by Gasteiger charge is -2.07. The molecule has 1 aromatic carbocycles. The largest absolute Gasteiger partial charge is 0.482 e. The van der Waals surface area contributed by atoms with E-state index in [1.807, 2.05) is 19.2 Å². The normalized spacial score (nSPS) is 11.2. The van der Waals surface area contributed by atoms with Gasteiger partial charge in [0.25, 0.3) is 0 Å². The van der Waals surface area contributed by atoms with Gasteiger partial charge in [-0.2, -0.15) is 5.10 Å². The number of aliphatic carboxylic acids is 1. The van der Waals surface area contributed by atoms with Gasteiger partial charge in [-0.3, -0.25) is 4.79 Å². The molecule has 2 N–H and O–H groups in total. The SMILES string of the molecule is CC/C(=N/NC(=O)Cc1nc(C)cs1)c1ccc(OCC(=O)O)cc1. The van der Waals surface area contributed by atoms with Crippen LogP contribution in [0.1, 0.15) is 29.6 Å². The summed E-state index contributed by atoms with van der Waals surface area (Å²) in [6, 6.07) is 6.89. The molecule has 1 aromatic heterocycles. The Hall–Kier alpha value is -2.74. The van der Waals surface area contributed by atoms with Crippen LogP contribution in [0.25, 0.3) is 0 Å². The van der Waals surface area contributed by atoms with Crippen molar-refractivity contribution >= 4 is 28.9 Å². The van der Waals surface area contributed by atoms with Gasteiger partial charge in [-0.15, -0.1) is 11.3 Å². The van der Waals surface area contributed by atoms with Gasteiger partial charge in [0, 0.05) is 11.1 Å². The fourth-order valence-electron chi connectivity index (χ4n) is 2.03. The molecule has 0 fully saturated rings. The van der Waals surface area contributed by atoms with E-state index in [9.17, 15) is 9.59 Å². The molecule has 0 aliphatic rings. The highest BCUT2D eigenvalue weighted by Gasteiger charge is 2.08. The smallest absolute Gasteiger partial charge is 0.341 e. The Kier molecular flexibility index (Phi) is 6.64. The van der Waals surface area contributed by atoms with Gasteiger partial charge in [-0.1, -0.05) is 6.92 Å². The minimum atomic E-state index is -1.03. The molecule has 0 unspecified atom stereocenters. The fraction of sp³-hybridized carbons (Fsp3) is 0.294. The summed E-state index contributed by atoms with van der Waals surface area (Å²) >= 11 is 1.45. The third kappa shape index (κ3) is 6.00. The molecule has 0 radical (unpaired) electrons. The van der Waals surface area contributed by atoms with E-state index in [2.05, 4.69) is 15.5 Å². The number of hydrazone groups is 1. The molecule has 1 heterocycles. The lowest BCUT2D eigenvalue weighted by Crippen LogP contribution is -2.21. The van der Waals surface area contributed by atoms with E-state index in [4.69, 9.17) is 9.84 Å². The summed E-state index contributed by atoms with van der Waals surface area (Å²) in [5, 5.41) is 15.4. The van der Waals surface area contributed by atoms with Gasteiger partial charge < -0.3 is 9.84 Å². The third-order valence-corrected chi connectivity index (χ3v) is 4.15. The Balaban J connectivity index is 1.96. The number of ether oxygens (including phenoxy) is 1. The molecule has 7 nitrogen and oxygen atoms in total. The van der Waals surface area contributed by atoms with E-state index in [1.165, 1.54) is 11.3 Å². The zero-order valence-corrected chi connectivity index (χ0v) is 14.8. The van der Waals surface area contributed by atoms with Crippen LogP contribution < -0.4 is 10.2 Å². The summed E-state index contributed by atoms with van der Waals surface area (Å²) in [7, 11) is 0. The number of nitrogens with one attached hydrogen (secondary N) is 1. The molecule has 0 aliphatic carbocycles. The quantitative estimate of drug-likeness (QED) is 0.555. The van der Waals surface area contributed by atoms with E-state index in [-0.39, 0.29) is 18.9 Å². The second-order valence-corrected chi connectivity index (χ2v) is 6.16. The summed E-state index contributed by atoms with van der Waals surface area (Å²) in [4.78, 5) is 26.7.